The molecule has 1 aromatic carbocycles. The lowest BCUT2D eigenvalue weighted by atomic mass is 10.2. The van der Waals surface area contributed by atoms with Crippen LogP contribution in [0.2, 0.25) is 0 Å². The van der Waals surface area contributed by atoms with E-state index >= 15 is 0 Å². The molecule has 4 nitrogen and oxygen atoms in total. The summed E-state index contributed by atoms with van der Waals surface area (Å²) in [5, 5.41) is 5.26. The average Bonchev–Trinajstić information content (AvgIpc) is 3.05. The van der Waals surface area contributed by atoms with E-state index in [0.717, 1.165) is 10.6 Å². The van der Waals surface area contributed by atoms with Gasteiger partial charge in [-0.15, -0.1) is 11.3 Å². The minimum Gasteiger partial charge on any atom is -0.325 e. The number of anilines is 1. The number of carbonyl (C=O) groups excluding carboxylic acids is 1. The molecule has 2 heterocycles. The highest BCUT2D eigenvalue weighted by Crippen LogP contribution is 2.31. The Kier molecular flexibility index (Phi) is 5.72. The standard InChI is InChI=1S/C17H13F2N3OS2/c18-17(19)25-14-6-2-1-5-13(14)22-15(23)8-12-10-24-16(21-12)11-4-3-7-20-9-11/h1-7,9-10,17H,8H2,(H,22,23). The van der Waals surface area contributed by atoms with E-state index in [-0.39, 0.29) is 12.3 Å². The van der Waals surface area contributed by atoms with Crippen LogP contribution in [-0.2, 0) is 11.2 Å². The number of pyridine rings is 1. The summed E-state index contributed by atoms with van der Waals surface area (Å²) in [7, 11) is 0. The zero-order valence-electron chi connectivity index (χ0n) is 12.9. The number of hydrogen-bond donors (Lipinski definition) is 1. The van der Waals surface area contributed by atoms with Gasteiger partial charge in [-0.2, -0.15) is 8.78 Å². The topological polar surface area (TPSA) is 54.9 Å². The van der Waals surface area contributed by atoms with Crippen molar-refractivity contribution < 1.29 is 13.6 Å². The number of rotatable bonds is 6. The van der Waals surface area contributed by atoms with Crippen molar-refractivity contribution in [2.24, 2.45) is 0 Å². The number of para-hydroxylation sites is 1. The van der Waals surface area contributed by atoms with Crippen LogP contribution in [0.4, 0.5) is 14.5 Å². The summed E-state index contributed by atoms with van der Waals surface area (Å²) in [6.07, 6.45) is 3.46. The summed E-state index contributed by atoms with van der Waals surface area (Å²) in [5.74, 6) is -2.84. The molecule has 0 atom stereocenters. The zero-order valence-corrected chi connectivity index (χ0v) is 14.5. The van der Waals surface area contributed by atoms with E-state index in [1.807, 2.05) is 17.5 Å². The molecule has 0 aliphatic carbocycles. The van der Waals surface area contributed by atoms with Crippen molar-refractivity contribution in [1.29, 1.82) is 0 Å². The Balaban J connectivity index is 1.67. The van der Waals surface area contributed by atoms with Crippen LogP contribution in [0.25, 0.3) is 10.6 Å². The number of nitrogens with one attached hydrogen (secondary N) is 1. The van der Waals surface area contributed by atoms with Gasteiger partial charge in [0.1, 0.15) is 5.01 Å². The molecule has 0 saturated heterocycles. The zero-order chi connectivity index (χ0) is 17.6. The second kappa shape index (κ2) is 8.17. The Morgan fingerprint density at radius 2 is 2.08 bits per heavy atom. The first kappa shape index (κ1) is 17.5. The van der Waals surface area contributed by atoms with E-state index in [0.29, 0.717) is 28.0 Å². The van der Waals surface area contributed by atoms with Crippen molar-refractivity contribution in [3.63, 3.8) is 0 Å². The van der Waals surface area contributed by atoms with Gasteiger partial charge in [0, 0.05) is 28.2 Å². The van der Waals surface area contributed by atoms with Gasteiger partial charge in [-0.25, -0.2) is 4.98 Å². The molecule has 0 spiro atoms. The van der Waals surface area contributed by atoms with Gasteiger partial charge >= 0.3 is 0 Å². The predicted octanol–water partition coefficient (Wildman–Crippen LogP) is 4.70. The monoisotopic (exact) mass is 377 g/mol. The van der Waals surface area contributed by atoms with E-state index in [9.17, 15) is 13.6 Å². The van der Waals surface area contributed by atoms with Crippen molar-refractivity contribution in [3.8, 4) is 10.6 Å². The highest BCUT2D eigenvalue weighted by molar-refractivity contribution is 7.99. The van der Waals surface area contributed by atoms with Gasteiger partial charge in [0.15, 0.2) is 0 Å². The first-order valence-corrected chi connectivity index (χ1v) is 9.06. The van der Waals surface area contributed by atoms with Crippen LogP contribution >= 0.6 is 23.1 Å². The molecule has 0 unspecified atom stereocenters. The van der Waals surface area contributed by atoms with Crippen LogP contribution in [0.5, 0.6) is 0 Å². The first-order chi connectivity index (χ1) is 12.1. The second-order valence-corrected chi connectivity index (χ2v) is 6.88. The van der Waals surface area contributed by atoms with Crippen LogP contribution in [0.15, 0.2) is 59.1 Å². The molecule has 0 aliphatic heterocycles. The SMILES string of the molecule is O=C(Cc1csc(-c2cccnc2)n1)Nc1ccccc1SC(F)F. The molecule has 1 N–H and O–H groups in total. The van der Waals surface area contributed by atoms with E-state index < -0.39 is 5.76 Å². The Morgan fingerprint density at radius 1 is 1.24 bits per heavy atom. The van der Waals surface area contributed by atoms with E-state index in [4.69, 9.17) is 0 Å². The van der Waals surface area contributed by atoms with Gasteiger partial charge in [0.05, 0.1) is 17.8 Å². The maximum absolute atomic E-state index is 12.6. The maximum Gasteiger partial charge on any atom is 0.288 e. The normalized spacial score (nSPS) is 10.8. The number of hydrogen-bond acceptors (Lipinski definition) is 5. The fourth-order valence-corrected chi connectivity index (χ4v) is 3.54. The molecule has 3 rings (SSSR count). The maximum atomic E-state index is 12.6. The largest absolute Gasteiger partial charge is 0.325 e. The second-order valence-electron chi connectivity index (χ2n) is 4.99. The number of halogens is 2. The van der Waals surface area contributed by atoms with E-state index in [1.165, 1.54) is 11.3 Å². The van der Waals surface area contributed by atoms with Crippen LogP contribution in [0.1, 0.15) is 5.69 Å². The highest BCUT2D eigenvalue weighted by Gasteiger charge is 2.13. The Bertz CT molecular complexity index is 856. The van der Waals surface area contributed by atoms with Gasteiger partial charge in [-0.1, -0.05) is 23.9 Å². The summed E-state index contributed by atoms with van der Waals surface area (Å²) in [5.41, 5.74) is 1.89. The van der Waals surface area contributed by atoms with Crippen molar-refractivity contribution in [2.75, 3.05) is 5.32 Å². The fourth-order valence-electron chi connectivity index (χ4n) is 2.14. The molecule has 25 heavy (non-hydrogen) atoms. The first-order valence-electron chi connectivity index (χ1n) is 7.30. The van der Waals surface area contributed by atoms with Crippen molar-refractivity contribution in [2.45, 2.75) is 17.1 Å². The van der Waals surface area contributed by atoms with Crippen molar-refractivity contribution in [3.05, 3.63) is 59.9 Å². The summed E-state index contributed by atoms with van der Waals surface area (Å²) >= 11 is 1.83. The quantitative estimate of drug-likeness (QED) is 0.633. The summed E-state index contributed by atoms with van der Waals surface area (Å²) in [4.78, 5) is 21.0. The molecule has 8 heteroatoms. The van der Waals surface area contributed by atoms with Gasteiger partial charge in [0.25, 0.3) is 5.76 Å². The third-order valence-corrected chi connectivity index (χ3v) is 4.91. The molecule has 0 aliphatic rings. The molecule has 1 amide bonds. The Morgan fingerprint density at radius 3 is 2.84 bits per heavy atom. The smallest absolute Gasteiger partial charge is 0.288 e. The van der Waals surface area contributed by atoms with Gasteiger partial charge in [-0.3, -0.25) is 9.78 Å². The molecule has 0 radical (unpaired) electrons. The van der Waals surface area contributed by atoms with Gasteiger partial charge in [0.2, 0.25) is 5.91 Å². The molecule has 0 saturated carbocycles. The van der Waals surface area contributed by atoms with E-state index in [1.54, 1.807) is 36.7 Å². The number of alkyl halides is 2. The molecule has 0 fully saturated rings. The predicted molar refractivity (Wildman–Crippen MR) is 96.0 cm³/mol. The number of amides is 1. The van der Waals surface area contributed by atoms with E-state index in [2.05, 4.69) is 15.3 Å². The molecule has 0 bridgehead atoms. The van der Waals surface area contributed by atoms with Crippen molar-refractivity contribution in [1.82, 2.24) is 9.97 Å². The summed E-state index contributed by atoms with van der Waals surface area (Å²) in [6, 6.07) is 10.2. The van der Waals surface area contributed by atoms with Crippen LogP contribution in [0.3, 0.4) is 0 Å². The van der Waals surface area contributed by atoms with Crippen molar-refractivity contribution >= 4 is 34.7 Å². The number of aromatic nitrogens is 2. The fraction of sp³-hybridized carbons (Fsp3) is 0.118. The van der Waals surface area contributed by atoms with Crippen LogP contribution in [0, 0.1) is 0 Å². The molecule has 128 valence electrons. The highest BCUT2D eigenvalue weighted by atomic mass is 32.2. The number of carbonyl (C=O) groups is 1. The molecular formula is C17H13F2N3OS2. The number of thiazole rings is 1. The van der Waals surface area contributed by atoms with Crippen LogP contribution < -0.4 is 5.32 Å². The number of nitrogens with zero attached hydrogens (tertiary/aromatic N) is 2. The Hall–Kier alpha value is -2.32. The molecular weight excluding hydrogens is 364 g/mol. The summed E-state index contributed by atoms with van der Waals surface area (Å²) < 4.78 is 25.2. The molecule has 2 aromatic heterocycles. The number of thioether (sulfide) groups is 1. The Labute approximate surface area is 151 Å². The van der Waals surface area contributed by atoms with Gasteiger partial charge in [-0.05, 0) is 24.3 Å². The minimum absolute atomic E-state index is 0.0739. The lowest BCUT2D eigenvalue weighted by molar-refractivity contribution is -0.115. The lowest BCUT2D eigenvalue weighted by Crippen LogP contribution is -2.15. The summed E-state index contributed by atoms with van der Waals surface area (Å²) in [6.45, 7) is 0. The third kappa shape index (κ3) is 4.83. The van der Waals surface area contributed by atoms with Crippen LogP contribution in [-0.4, -0.2) is 21.6 Å². The minimum atomic E-state index is -2.54. The number of benzene rings is 1. The lowest BCUT2D eigenvalue weighted by Gasteiger charge is -2.09. The van der Waals surface area contributed by atoms with Gasteiger partial charge < -0.3 is 5.32 Å². The third-order valence-electron chi connectivity index (χ3n) is 3.18. The average molecular weight is 377 g/mol. The molecule has 3 aromatic rings.